The van der Waals surface area contributed by atoms with Gasteiger partial charge in [-0.15, -0.1) is 0 Å². The Balaban J connectivity index is 1.73. The van der Waals surface area contributed by atoms with Crippen LogP contribution in [-0.4, -0.2) is 21.4 Å². The number of hydrogen-bond acceptors (Lipinski definition) is 3. The van der Waals surface area contributed by atoms with Crippen LogP contribution in [0.2, 0.25) is 0 Å². The summed E-state index contributed by atoms with van der Waals surface area (Å²) in [6.07, 6.45) is 3.46. The van der Waals surface area contributed by atoms with Gasteiger partial charge in [0.15, 0.2) is 0 Å². The molecule has 0 radical (unpaired) electrons. The van der Waals surface area contributed by atoms with Crippen molar-refractivity contribution in [3.05, 3.63) is 47.8 Å². The van der Waals surface area contributed by atoms with Crippen molar-refractivity contribution in [3.63, 3.8) is 0 Å². The molecule has 1 aromatic carbocycles. The number of fused-ring (bicyclic) bond motifs is 1. The Labute approximate surface area is 145 Å². The van der Waals surface area contributed by atoms with E-state index in [1.165, 1.54) is 18.2 Å². The smallest absolute Gasteiger partial charge is 0.228 e. The lowest BCUT2D eigenvalue weighted by molar-refractivity contribution is -0.126. The van der Waals surface area contributed by atoms with Gasteiger partial charge < -0.3 is 15.2 Å². The van der Waals surface area contributed by atoms with E-state index in [-0.39, 0.29) is 18.2 Å². The van der Waals surface area contributed by atoms with Crippen molar-refractivity contribution < 1.29 is 14.0 Å². The van der Waals surface area contributed by atoms with E-state index in [0.29, 0.717) is 23.7 Å². The van der Waals surface area contributed by atoms with Gasteiger partial charge in [0, 0.05) is 24.8 Å². The highest BCUT2D eigenvalue weighted by Gasteiger charge is 2.31. The van der Waals surface area contributed by atoms with Gasteiger partial charge in [-0.25, -0.2) is 9.37 Å². The molecule has 0 aliphatic carbocycles. The Morgan fingerprint density at radius 2 is 2.28 bits per heavy atom. The number of nitrogens with zero attached hydrogens (tertiary/aromatic N) is 2. The monoisotopic (exact) mass is 344 g/mol. The fraction of sp³-hybridized carbons (Fsp3) is 0.389. The third-order valence-corrected chi connectivity index (χ3v) is 4.17. The van der Waals surface area contributed by atoms with Crippen molar-refractivity contribution in [2.75, 3.05) is 5.32 Å². The second-order valence-corrected chi connectivity index (χ2v) is 6.69. The van der Waals surface area contributed by atoms with E-state index in [4.69, 9.17) is 0 Å². The first-order valence-corrected chi connectivity index (χ1v) is 8.30. The van der Waals surface area contributed by atoms with Crippen LogP contribution in [0.15, 0.2) is 30.7 Å². The Morgan fingerprint density at radius 3 is 3.04 bits per heavy atom. The highest BCUT2D eigenvalue weighted by atomic mass is 19.1. The number of rotatable bonds is 5. The molecule has 2 amide bonds. The second kappa shape index (κ2) is 7.04. The molecule has 25 heavy (non-hydrogen) atoms. The first-order chi connectivity index (χ1) is 11.9. The van der Waals surface area contributed by atoms with E-state index in [1.807, 2.05) is 4.57 Å². The number of imidazole rings is 1. The Morgan fingerprint density at radius 1 is 1.48 bits per heavy atom. The lowest BCUT2D eigenvalue weighted by Gasteiger charge is -2.25. The molecule has 0 saturated heterocycles. The maximum Gasteiger partial charge on any atom is 0.228 e. The van der Waals surface area contributed by atoms with Crippen LogP contribution in [0.25, 0.3) is 0 Å². The van der Waals surface area contributed by atoms with Crippen LogP contribution in [0.4, 0.5) is 10.1 Å². The van der Waals surface area contributed by atoms with Gasteiger partial charge in [-0.2, -0.15) is 0 Å². The van der Waals surface area contributed by atoms with Crippen molar-refractivity contribution in [3.8, 4) is 0 Å². The normalized spacial score (nSPS) is 16.5. The molecule has 132 valence electrons. The van der Waals surface area contributed by atoms with Gasteiger partial charge in [0.1, 0.15) is 5.82 Å². The number of benzene rings is 1. The molecule has 0 saturated carbocycles. The summed E-state index contributed by atoms with van der Waals surface area (Å²) >= 11 is 0. The highest BCUT2D eigenvalue weighted by Crippen LogP contribution is 2.32. The predicted octanol–water partition coefficient (Wildman–Crippen LogP) is 2.42. The molecule has 1 aliphatic heterocycles. The Kier molecular flexibility index (Phi) is 4.83. The van der Waals surface area contributed by atoms with Crippen LogP contribution in [-0.2, 0) is 22.7 Å². The number of anilines is 1. The zero-order valence-electron chi connectivity index (χ0n) is 14.3. The summed E-state index contributed by atoms with van der Waals surface area (Å²) in [5.41, 5.74) is 1.89. The number of hydrogen-bond donors (Lipinski definition) is 2. The molecule has 2 aromatic rings. The molecule has 7 heteroatoms. The number of amides is 2. The van der Waals surface area contributed by atoms with Crippen LogP contribution in [0.1, 0.15) is 37.4 Å². The Bertz CT molecular complexity index is 800. The molecule has 0 fully saturated rings. The van der Waals surface area contributed by atoms with E-state index >= 15 is 0 Å². The van der Waals surface area contributed by atoms with Gasteiger partial charge in [-0.3, -0.25) is 9.59 Å². The van der Waals surface area contributed by atoms with Crippen LogP contribution < -0.4 is 10.6 Å². The molecule has 2 heterocycles. The van der Waals surface area contributed by atoms with Crippen molar-refractivity contribution in [2.24, 2.45) is 5.92 Å². The van der Waals surface area contributed by atoms with Crippen LogP contribution in [0, 0.1) is 11.7 Å². The summed E-state index contributed by atoms with van der Waals surface area (Å²) in [4.78, 5) is 28.6. The third kappa shape index (κ3) is 3.87. The van der Waals surface area contributed by atoms with E-state index in [0.717, 1.165) is 12.2 Å². The molecule has 0 unspecified atom stereocenters. The maximum atomic E-state index is 13.6. The molecule has 0 spiro atoms. The highest BCUT2D eigenvalue weighted by molar-refractivity contribution is 6.01. The summed E-state index contributed by atoms with van der Waals surface area (Å²) < 4.78 is 15.5. The molecule has 2 N–H and O–H groups in total. The lowest BCUT2D eigenvalue weighted by Crippen LogP contribution is -2.35. The van der Waals surface area contributed by atoms with Gasteiger partial charge in [-0.05, 0) is 29.7 Å². The average molecular weight is 344 g/mol. The predicted molar refractivity (Wildman–Crippen MR) is 91.3 cm³/mol. The van der Waals surface area contributed by atoms with Crippen molar-refractivity contribution in [1.29, 1.82) is 0 Å². The number of aromatic nitrogens is 2. The molecule has 0 bridgehead atoms. The van der Waals surface area contributed by atoms with Crippen molar-refractivity contribution >= 4 is 17.5 Å². The fourth-order valence-corrected chi connectivity index (χ4v) is 3.02. The largest absolute Gasteiger partial charge is 0.350 e. The zero-order chi connectivity index (χ0) is 18.0. The maximum absolute atomic E-state index is 13.6. The zero-order valence-corrected chi connectivity index (χ0v) is 14.3. The second-order valence-electron chi connectivity index (χ2n) is 6.69. The molecule has 1 atom stereocenters. The van der Waals surface area contributed by atoms with E-state index in [9.17, 15) is 14.0 Å². The molecule has 1 aliphatic rings. The summed E-state index contributed by atoms with van der Waals surface area (Å²) in [6, 6.07) is 4.06. The van der Waals surface area contributed by atoms with Crippen LogP contribution in [0.5, 0.6) is 0 Å². The van der Waals surface area contributed by atoms with Gasteiger partial charge >= 0.3 is 0 Å². The lowest BCUT2D eigenvalue weighted by atomic mass is 9.89. The minimum Gasteiger partial charge on any atom is -0.350 e. The standard InChI is InChI=1S/C18H21FN4O2/c1-11(2)9-23-10-20-7-13(23)8-21-18(25)15-6-17(24)22-16-4-3-12(19)5-14(15)16/h3-5,7,10-11,15H,6,8-9H2,1-2H3,(H,21,25)(H,22,24)/t15-/m0/s1. The van der Waals surface area contributed by atoms with Crippen LogP contribution >= 0.6 is 0 Å². The van der Waals surface area contributed by atoms with E-state index in [2.05, 4.69) is 29.5 Å². The summed E-state index contributed by atoms with van der Waals surface area (Å²) in [5, 5.41) is 5.52. The number of carbonyl (C=O) groups is 2. The molecular weight excluding hydrogens is 323 g/mol. The van der Waals surface area contributed by atoms with Crippen molar-refractivity contribution in [1.82, 2.24) is 14.9 Å². The summed E-state index contributed by atoms with van der Waals surface area (Å²) in [7, 11) is 0. The number of carbonyl (C=O) groups excluding carboxylic acids is 2. The van der Waals surface area contributed by atoms with Gasteiger partial charge in [0.2, 0.25) is 11.8 Å². The minimum atomic E-state index is -0.694. The number of nitrogens with one attached hydrogen (secondary N) is 2. The fourth-order valence-electron chi connectivity index (χ4n) is 3.02. The molecule has 1 aromatic heterocycles. The quantitative estimate of drug-likeness (QED) is 0.875. The Hall–Kier alpha value is -2.70. The average Bonchev–Trinajstić information content (AvgIpc) is 2.98. The van der Waals surface area contributed by atoms with E-state index in [1.54, 1.807) is 12.5 Å². The minimum absolute atomic E-state index is 0.00748. The third-order valence-electron chi connectivity index (χ3n) is 4.17. The first kappa shape index (κ1) is 17.1. The van der Waals surface area contributed by atoms with Gasteiger partial charge in [0.05, 0.1) is 24.5 Å². The van der Waals surface area contributed by atoms with Gasteiger partial charge in [0.25, 0.3) is 0 Å². The number of halogens is 1. The molecule has 6 nitrogen and oxygen atoms in total. The molecule has 3 rings (SSSR count). The SMILES string of the molecule is CC(C)Cn1cncc1CNC(=O)[C@H]1CC(=O)Nc2ccc(F)cc21. The summed E-state index contributed by atoms with van der Waals surface area (Å²) in [5.74, 6) is -1.20. The van der Waals surface area contributed by atoms with E-state index < -0.39 is 11.7 Å². The topological polar surface area (TPSA) is 76.0 Å². The first-order valence-electron chi connectivity index (χ1n) is 8.30. The molecular formula is C18H21FN4O2. The van der Waals surface area contributed by atoms with Crippen LogP contribution in [0.3, 0.4) is 0 Å². The van der Waals surface area contributed by atoms with Gasteiger partial charge in [-0.1, -0.05) is 13.8 Å². The van der Waals surface area contributed by atoms with Crippen molar-refractivity contribution in [2.45, 2.75) is 39.3 Å². The summed E-state index contributed by atoms with van der Waals surface area (Å²) in [6.45, 7) is 5.34.